The van der Waals surface area contributed by atoms with E-state index < -0.39 is 12.0 Å². The van der Waals surface area contributed by atoms with Gasteiger partial charge in [0.15, 0.2) is 0 Å². The summed E-state index contributed by atoms with van der Waals surface area (Å²) < 4.78 is 0. The van der Waals surface area contributed by atoms with Gasteiger partial charge >= 0.3 is 5.97 Å². The molecule has 1 unspecified atom stereocenters. The Balaban J connectivity index is 2.06. The molecule has 106 valence electrons. The Hall–Kier alpha value is -1.95. The highest BCUT2D eigenvalue weighted by atomic mass is 32.2. The van der Waals surface area contributed by atoms with E-state index in [9.17, 15) is 9.59 Å². The van der Waals surface area contributed by atoms with Crippen molar-refractivity contribution in [2.45, 2.75) is 12.5 Å². The van der Waals surface area contributed by atoms with Crippen molar-refractivity contribution in [3.05, 3.63) is 36.0 Å². The first-order valence-corrected chi connectivity index (χ1v) is 7.57. The second kappa shape index (κ2) is 6.47. The molecular weight excluding hydrogens is 276 g/mol. The Bertz CT molecular complexity index is 624. The van der Waals surface area contributed by atoms with E-state index in [0.717, 1.165) is 16.5 Å². The number of para-hydroxylation sites is 1. The van der Waals surface area contributed by atoms with Gasteiger partial charge in [0.2, 0.25) is 5.91 Å². The summed E-state index contributed by atoms with van der Waals surface area (Å²) in [6, 6.07) is 6.85. The van der Waals surface area contributed by atoms with E-state index in [1.807, 2.05) is 30.5 Å². The van der Waals surface area contributed by atoms with Gasteiger partial charge in [-0.2, -0.15) is 11.8 Å². The number of carbonyl (C=O) groups excluding carboxylic acids is 1. The maximum Gasteiger partial charge on any atom is 0.327 e. The molecule has 1 aromatic carbocycles. The Labute approximate surface area is 120 Å². The second-order valence-electron chi connectivity index (χ2n) is 4.45. The van der Waals surface area contributed by atoms with Crippen molar-refractivity contribution in [1.82, 2.24) is 10.3 Å². The lowest BCUT2D eigenvalue weighted by Gasteiger charge is -2.12. The standard InChI is InChI=1S/C14H16N2O3S/c1-20-8-12(14(18)19)16-13(17)6-9-7-15-11-5-3-2-4-10(9)11/h2-5,7,12,15H,6,8H2,1H3,(H,16,17)(H,18,19). The molecule has 6 heteroatoms. The number of rotatable bonds is 6. The van der Waals surface area contributed by atoms with Gasteiger partial charge < -0.3 is 15.4 Å². The van der Waals surface area contributed by atoms with E-state index in [1.165, 1.54) is 11.8 Å². The summed E-state index contributed by atoms with van der Waals surface area (Å²) in [6.07, 6.45) is 3.76. The SMILES string of the molecule is CSCC(NC(=O)Cc1c[nH]c2ccccc12)C(=O)O. The molecule has 0 aliphatic rings. The Kier molecular flexibility index (Phi) is 4.68. The third kappa shape index (κ3) is 3.33. The molecule has 3 N–H and O–H groups in total. The van der Waals surface area contributed by atoms with Crippen LogP contribution in [0, 0.1) is 0 Å². The van der Waals surface area contributed by atoms with Crippen LogP contribution >= 0.6 is 11.8 Å². The fraction of sp³-hybridized carbons (Fsp3) is 0.286. The highest BCUT2D eigenvalue weighted by Crippen LogP contribution is 2.18. The zero-order valence-corrected chi connectivity index (χ0v) is 11.9. The summed E-state index contributed by atoms with van der Waals surface area (Å²) >= 11 is 1.39. The number of fused-ring (bicyclic) bond motifs is 1. The van der Waals surface area contributed by atoms with Crippen LogP contribution in [0.1, 0.15) is 5.56 Å². The zero-order chi connectivity index (χ0) is 14.5. The van der Waals surface area contributed by atoms with Gasteiger partial charge in [-0.1, -0.05) is 18.2 Å². The third-order valence-electron chi connectivity index (χ3n) is 2.99. The summed E-state index contributed by atoms with van der Waals surface area (Å²) in [5.41, 5.74) is 1.83. The van der Waals surface area contributed by atoms with Crippen LogP contribution in [0.2, 0.25) is 0 Å². The fourth-order valence-electron chi connectivity index (χ4n) is 2.04. The second-order valence-corrected chi connectivity index (χ2v) is 5.36. The number of nitrogens with one attached hydrogen (secondary N) is 2. The molecule has 0 bridgehead atoms. The van der Waals surface area contributed by atoms with Gasteiger partial charge in [-0.15, -0.1) is 0 Å². The third-order valence-corrected chi connectivity index (χ3v) is 3.66. The summed E-state index contributed by atoms with van der Waals surface area (Å²) in [7, 11) is 0. The van der Waals surface area contributed by atoms with Crippen molar-refractivity contribution in [2.75, 3.05) is 12.0 Å². The minimum atomic E-state index is -1.01. The van der Waals surface area contributed by atoms with Crippen LogP contribution < -0.4 is 5.32 Å². The molecule has 0 saturated heterocycles. The first kappa shape index (κ1) is 14.5. The number of hydrogen-bond donors (Lipinski definition) is 3. The number of carbonyl (C=O) groups is 2. The van der Waals surface area contributed by atoms with Crippen molar-refractivity contribution in [2.24, 2.45) is 0 Å². The maximum atomic E-state index is 11.9. The Morgan fingerprint density at radius 1 is 1.40 bits per heavy atom. The average molecular weight is 292 g/mol. The van der Waals surface area contributed by atoms with Gasteiger partial charge in [0.25, 0.3) is 0 Å². The smallest absolute Gasteiger partial charge is 0.327 e. The van der Waals surface area contributed by atoms with Crippen molar-refractivity contribution in [1.29, 1.82) is 0 Å². The predicted octanol–water partition coefficient (Wildman–Crippen LogP) is 1.64. The molecule has 1 aromatic heterocycles. The highest BCUT2D eigenvalue weighted by molar-refractivity contribution is 7.98. The van der Waals surface area contributed by atoms with E-state index in [2.05, 4.69) is 10.3 Å². The molecule has 0 saturated carbocycles. The number of carboxylic acids is 1. The quantitative estimate of drug-likeness (QED) is 0.756. The first-order valence-electron chi connectivity index (χ1n) is 6.18. The number of aromatic nitrogens is 1. The highest BCUT2D eigenvalue weighted by Gasteiger charge is 2.19. The molecule has 2 aromatic rings. The van der Waals surface area contributed by atoms with E-state index >= 15 is 0 Å². The molecule has 1 amide bonds. The van der Waals surface area contributed by atoms with E-state index in [1.54, 1.807) is 6.20 Å². The van der Waals surface area contributed by atoms with Crippen LogP contribution in [0.5, 0.6) is 0 Å². The van der Waals surface area contributed by atoms with Crippen molar-refractivity contribution in [3.8, 4) is 0 Å². The lowest BCUT2D eigenvalue weighted by atomic mass is 10.1. The molecule has 0 radical (unpaired) electrons. The van der Waals surface area contributed by atoms with Crippen LogP contribution in [-0.2, 0) is 16.0 Å². The van der Waals surface area contributed by atoms with E-state index in [0.29, 0.717) is 5.75 Å². The normalized spacial score (nSPS) is 12.2. The number of hydrogen-bond acceptors (Lipinski definition) is 3. The van der Waals surface area contributed by atoms with Crippen LogP contribution in [0.3, 0.4) is 0 Å². The first-order chi connectivity index (χ1) is 9.61. The van der Waals surface area contributed by atoms with Crippen LogP contribution in [0.4, 0.5) is 0 Å². The van der Waals surface area contributed by atoms with Gasteiger partial charge in [0, 0.05) is 22.9 Å². The number of aliphatic carboxylic acids is 1. The average Bonchev–Trinajstić information content (AvgIpc) is 2.81. The summed E-state index contributed by atoms with van der Waals surface area (Å²) in [4.78, 5) is 26.0. The van der Waals surface area contributed by atoms with Crippen LogP contribution in [0.15, 0.2) is 30.5 Å². The summed E-state index contributed by atoms with van der Waals surface area (Å²) in [5.74, 6) is -0.933. The number of carboxylic acid groups (broad SMARTS) is 1. The zero-order valence-electron chi connectivity index (χ0n) is 11.1. The van der Waals surface area contributed by atoms with Gasteiger partial charge in [0.1, 0.15) is 6.04 Å². The molecule has 2 rings (SSSR count). The number of aromatic amines is 1. The molecular formula is C14H16N2O3S. The minimum absolute atomic E-state index is 0.169. The molecule has 20 heavy (non-hydrogen) atoms. The number of amides is 1. The van der Waals surface area contributed by atoms with Crippen LogP contribution in [0.25, 0.3) is 10.9 Å². The summed E-state index contributed by atoms with van der Waals surface area (Å²) in [6.45, 7) is 0. The molecule has 0 aliphatic heterocycles. The van der Waals surface area contributed by atoms with Crippen LogP contribution in [-0.4, -0.2) is 40.0 Å². The van der Waals surface area contributed by atoms with Gasteiger partial charge in [-0.05, 0) is 17.9 Å². The maximum absolute atomic E-state index is 11.9. The van der Waals surface area contributed by atoms with E-state index in [-0.39, 0.29) is 12.3 Å². The fourth-order valence-corrected chi connectivity index (χ4v) is 2.60. The number of benzene rings is 1. The Morgan fingerprint density at radius 2 is 2.15 bits per heavy atom. The molecule has 1 atom stereocenters. The minimum Gasteiger partial charge on any atom is -0.480 e. The van der Waals surface area contributed by atoms with Gasteiger partial charge in [-0.25, -0.2) is 4.79 Å². The topological polar surface area (TPSA) is 82.2 Å². The van der Waals surface area contributed by atoms with Crippen molar-refractivity contribution in [3.63, 3.8) is 0 Å². The number of thioether (sulfide) groups is 1. The molecule has 1 heterocycles. The van der Waals surface area contributed by atoms with Crippen molar-refractivity contribution >= 4 is 34.5 Å². The molecule has 0 aliphatic carbocycles. The molecule has 5 nitrogen and oxygen atoms in total. The monoisotopic (exact) mass is 292 g/mol. The summed E-state index contributed by atoms with van der Waals surface area (Å²) in [5, 5.41) is 12.5. The predicted molar refractivity (Wildman–Crippen MR) is 80.0 cm³/mol. The Morgan fingerprint density at radius 3 is 2.85 bits per heavy atom. The largest absolute Gasteiger partial charge is 0.480 e. The van der Waals surface area contributed by atoms with Gasteiger partial charge in [-0.3, -0.25) is 4.79 Å². The molecule has 0 spiro atoms. The molecule has 0 fully saturated rings. The van der Waals surface area contributed by atoms with Crippen molar-refractivity contribution < 1.29 is 14.7 Å². The number of H-pyrrole nitrogens is 1. The lowest BCUT2D eigenvalue weighted by molar-refractivity contribution is -0.141. The lowest BCUT2D eigenvalue weighted by Crippen LogP contribution is -2.43. The van der Waals surface area contributed by atoms with Gasteiger partial charge in [0.05, 0.1) is 6.42 Å². The van der Waals surface area contributed by atoms with E-state index in [4.69, 9.17) is 5.11 Å².